The summed E-state index contributed by atoms with van der Waals surface area (Å²) in [6.07, 6.45) is 5.01. The van der Waals surface area contributed by atoms with Crippen molar-refractivity contribution in [3.05, 3.63) is 29.3 Å². The van der Waals surface area contributed by atoms with E-state index in [-0.39, 0.29) is 12.2 Å². The molecule has 1 rings (SSSR count). The van der Waals surface area contributed by atoms with E-state index in [0.29, 0.717) is 0 Å². The monoisotopic (exact) mass is 254 g/mol. The van der Waals surface area contributed by atoms with Gasteiger partial charge in [0, 0.05) is 5.56 Å². The first kappa shape index (κ1) is 13.9. The lowest BCUT2D eigenvalue weighted by atomic mass is 10.2. The highest BCUT2D eigenvalue weighted by Gasteiger charge is 2.14. The van der Waals surface area contributed by atoms with Crippen LogP contribution in [0.15, 0.2) is 12.1 Å². The molecule has 18 heavy (non-hydrogen) atoms. The van der Waals surface area contributed by atoms with Crippen LogP contribution in [0, 0.1) is 24.0 Å². The molecular formula is C12H12F2N2O2. The summed E-state index contributed by atoms with van der Waals surface area (Å²) in [7, 11) is 0. The van der Waals surface area contributed by atoms with E-state index in [1.165, 1.54) is 6.92 Å². The molecule has 0 aliphatic carbocycles. The zero-order valence-corrected chi connectivity index (χ0v) is 9.63. The van der Waals surface area contributed by atoms with Crippen LogP contribution in [0.2, 0.25) is 0 Å². The number of hydrogen-bond donors (Lipinski definition) is 3. The number of anilines is 1. The molecule has 0 aliphatic rings. The van der Waals surface area contributed by atoms with E-state index in [2.05, 4.69) is 11.2 Å². The highest BCUT2D eigenvalue weighted by atomic mass is 19.1. The van der Waals surface area contributed by atoms with Gasteiger partial charge in [0.05, 0.1) is 12.6 Å². The Balaban J connectivity index is 2.86. The molecule has 0 fully saturated rings. The number of benzene rings is 1. The Morgan fingerprint density at radius 2 is 2.06 bits per heavy atom. The molecule has 0 saturated heterocycles. The van der Waals surface area contributed by atoms with Crippen LogP contribution < -0.4 is 10.6 Å². The molecule has 3 N–H and O–H groups in total. The van der Waals surface area contributed by atoms with Crippen LogP contribution >= 0.6 is 0 Å². The Morgan fingerprint density at radius 3 is 2.50 bits per heavy atom. The molecule has 4 nitrogen and oxygen atoms in total. The van der Waals surface area contributed by atoms with Crippen molar-refractivity contribution >= 4 is 11.7 Å². The van der Waals surface area contributed by atoms with Crippen LogP contribution in [-0.4, -0.2) is 23.8 Å². The van der Waals surface area contributed by atoms with Gasteiger partial charge in [-0.1, -0.05) is 5.92 Å². The highest BCUT2D eigenvalue weighted by Crippen LogP contribution is 2.20. The molecule has 0 spiro atoms. The van der Waals surface area contributed by atoms with Crippen molar-refractivity contribution in [1.82, 2.24) is 5.32 Å². The number of urea groups is 1. The second-order valence-corrected chi connectivity index (χ2v) is 3.64. The van der Waals surface area contributed by atoms with Crippen molar-refractivity contribution in [2.75, 3.05) is 11.9 Å². The predicted octanol–water partition coefficient (Wildman–Crippen LogP) is 1.45. The first-order valence-electron chi connectivity index (χ1n) is 5.12. The summed E-state index contributed by atoms with van der Waals surface area (Å²) < 4.78 is 26.9. The summed E-state index contributed by atoms with van der Waals surface area (Å²) in [5, 5.41) is 13.0. The number of carbonyl (C=O) groups excluding carboxylic acids is 1. The van der Waals surface area contributed by atoms with Crippen molar-refractivity contribution in [2.24, 2.45) is 0 Å². The molecule has 1 unspecified atom stereocenters. The van der Waals surface area contributed by atoms with Gasteiger partial charge in [-0.3, -0.25) is 0 Å². The molecule has 0 heterocycles. The number of rotatable bonds is 3. The molecule has 1 aromatic rings. The molecule has 96 valence electrons. The highest BCUT2D eigenvalue weighted by molar-refractivity contribution is 5.89. The Labute approximate surface area is 103 Å². The molecular weight excluding hydrogens is 242 g/mol. The van der Waals surface area contributed by atoms with E-state index in [0.717, 1.165) is 12.1 Å². The zero-order chi connectivity index (χ0) is 13.7. The third-order valence-corrected chi connectivity index (χ3v) is 2.10. The summed E-state index contributed by atoms with van der Waals surface area (Å²) in [5.74, 6) is 0.163. The smallest absolute Gasteiger partial charge is 0.319 e. The Hall–Kier alpha value is -2.13. The molecule has 0 aliphatic heterocycles. The number of carbonyl (C=O) groups is 1. The summed E-state index contributed by atoms with van der Waals surface area (Å²) >= 11 is 0. The number of amides is 2. The lowest BCUT2D eigenvalue weighted by Gasteiger charge is -2.13. The molecule has 6 heteroatoms. The summed E-state index contributed by atoms with van der Waals surface area (Å²) in [6, 6.07) is 0.534. The van der Waals surface area contributed by atoms with Gasteiger partial charge < -0.3 is 15.7 Å². The van der Waals surface area contributed by atoms with Gasteiger partial charge in [-0.25, -0.2) is 13.6 Å². The topological polar surface area (TPSA) is 61.4 Å². The van der Waals surface area contributed by atoms with Gasteiger partial charge in [-0.15, -0.1) is 6.42 Å². The maximum absolute atomic E-state index is 13.5. The molecule has 1 aromatic carbocycles. The number of terminal acetylenes is 1. The summed E-state index contributed by atoms with van der Waals surface area (Å²) in [6.45, 7) is 1.25. The predicted molar refractivity (Wildman–Crippen MR) is 63.0 cm³/mol. The number of hydrogen-bond acceptors (Lipinski definition) is 2. The third kappa shape index (κ3) is 3.43. The lowest BCUT2D eigenvalue weighted by molar-refractivity contribution is 0.229. The largest absolute Gasteiger partial charge is 0.394 e. The van der Waals surface area contributed by atoms with Crippen LogP contribution in [0.4, 0.5) is 19.3 Å². The van der Waals surface area contributed by atoms with Crippen LogP contribution in [0.3, 0.4) is 0 Å². The van der Waals surface area contributed by atoms with E-state index in [1.807, 2.05) is 5.32 Å². The average molecular weight is 254 g/mol. The van der Waals surface area contributed by atoms with Crippen molar-refractivity contribution in [3.63, 3.8) is 0 Å². The fourth-order valence-electron chi connectivity index (χ4n) is 1.19. The number of nitrogens with one attached hydrogen (secondary N) is 2. The van der Waals surface area contributed by atoms with E-state index < -0.39 is 29.4 Å². The third-order valence-electron chi connectivity index (χ3n) is 2.10. The number of aliphatic hydroxyl groups excluding tert-OH is 1. The second-order valence-electron chi connectivity index (χ2n) is 3.64. The summed E-state index contributed by atoms with van der Waals surface area (Å²) in [4.78, 5) is 11.3. The lowest BCUT2D eigenvalue weighted by Crippen LogP contribution is -2.38. The van der Waals surface area contributed by atoms with Gasteiger partial charge in [0.15, 0.2) is 11.6 Å². The van der Waals surface area contributed by atoms with Gasteiger partial charge in [0.25, 0.3) is 0 Å². The number of aliphatic hydroxyl groups is 1. The van der Waals surface area contributed by atoms with Crippen molar-refractivity contribution in [1.29, 1.82) is 0 Å². The van der Waals surface area contributed by atoms with Gasteiger partial charge in [0.1, 0.15) is 5.69 Å². The van der Waals surface area contributed by atoms with Crippen molar-refractivity contribution in [2.45, 2.75) is 13.0 Å². The molecule has 2 amide bonds. The number of halogens is 2. The Morgan fingerprint density at radius 1 is 1.50 bits per heavy atom. The van der Waals surface area contributed by atoms with E-state index >= 15 is 0 Å². The van der Waals surface area contributed by atoms with E-state index in [1.54, 1.807) is 0 Å². The van der Waals surface area contributed by atoms with Gasteiger partial charge >= 0.3 is 6.03 Å². The summed E-state index contributed by atoms with van der Waals surface area (Å²) in [5.41, 5.74) is -0.545. The normalized spacial score (nSPS) is 11.5. The standard InChI is InChI=1S/C12H12F2N2O2/c1-3-8-4-9(13)11(10(14)5-8)16-12(18)15-7(2)6-17/h1,4-5,7,17H,6H2,2H3,(H2,15,16,18). The molecule has 0 radical (unpaired) electrons. The average Bonchev–Trinajstić information content (AvgIpc) is 2.33. The second kappa shape index (κ2) is 5.98. The van der Waals surface area contributed by atoms with Crippen LogP contribution in [0.5, 0.6) is 0 Å². The minimum Gasteiger partial charge on any atom is -0.394 e. The Kier molecular flexibility index (Phi) is 4.63. The van der Waals surface area contributed by atoms with Crippen LogP contribution in [0.1, 0.15) is 12.5 Å². The van der Waals surface area contributed by atoms with Gasteiger partial charge in [-0.2, -0.15) is 0 Å². The van der Waals surface area contributed by atoms with Crippen molar-refractivity contribution < 1.29 is 18.7 Å². The Bertz CT molecular complexity index is 474. The zero-order valence-electron chi connectivity index (χ0n) is 9.63. The van der Waals surface area contributed by atoms with E-state index in [4.69, 9.17) is 11.5 Å². The minimum atomic E-state index is -0.963. The molecule has 1 atom stereocenters. The maximum atomic E-state index is 13.5. The fourth-order valence-corrected chi connectivity index (χ4v) is 1.19. The first-order chi connectivity index (χ1) is 8.47. The minimum absolute atomic E-state index is 0.0414. The van der Waals surface area contributed by atoms with Crippen LogP contribution in [0.25, 0.3) is 0 Å². The van der Waals surface area contributed by atoms with Crippen molar-refractivity contribution in [3.8, 4) is 12.3 Å². The molecule has 0 bridgehead atoms. The molecule has 0 aromatic heterocycles. The van der Waals surface area contributed by atoms with E-state index in [9.17, 15) is 13.6 Å². The maximum Gasteiger partial charge on any atom is 0.319 e. The van der Waals surface area contributed by atoms with Crippen LogP contribution in [-0.2, 0) is 0 Å². The quantitative estimate of drug-likeness (QED) is 0.715. The van der Waals surface area contributed by atoms with Gasteiger partial charge in [0.2, 0.25) is 0 Å². The SMILES string of the molecule is C#Cc1cc(F)c(NC(=O)NC(C)CO)c(F)c1. The molecule has 0 saturated carbocycles. The van der Waals surface area contributed by atoms with Gasteiger partial charge in [-0.05, 0) is 19.1 Å². The first-order valence-corrected chi connectivity index (χ1v) is 5.12. The fraction of sp³-hybridized carbons (Fsp3) is 0.250.